The summed E-state index contributed by atoms with van der Waals surface area (Å²) in [5.74, 6) is -1.07. The van der Waals surface area contributed by atoms with Gasteiger partial charge in [-0.2, -0.15) is 10.2 Å². The zero-order valence-electron chi connectivity index (χ0n) is 54.9. The molecule has 508 valence electrons. The fourth-order valence-corrected chi connectivity index (χ4v) is 12.8. The van der Waals surface area contributed by atoms with Crippen LogP contribution in [0.2, 0.25) is 0 Å². The molecule has 1 amide bonds. The largest absolute Gasteiger partial charge is 0.497 e. The summed E-state index contributed by atoms with van der Waals surface area (Å²) in [6.45, 7) is 16.6. The molecule has 8 rings (SSSR count). The molecule has 0 bridgehead atoms. The summed E-state index contributed by atoms with van der Waals surface area (Å²) in [7, 11) is 1.37. The van der Waals surface area contributed by atoms with E-state index >= 15 is 0 Å². The number of aromatic amines is 2. The number of imidazole rings is 1. The lowest BCUT2D eigenvalue weighted by Crippen LogP contribution is -2.61. The molecule has 3 aromatic carbocycles. The number of nitrogens with zero attached hydrogens (tertiary/aromatic N) is 7. The first-order valence-electron chi connectivity index (χ1n) is 31.0. The van der Waals surface area contributed by atoms with E-state index in [2.05, 4.69) is 40.9 Å². The number of fused-ring (bicyclic) bond motifs is 1. The fraction of sp³-hybridized carbons (Fsp3) is 0.523. The molecule has 0 aliphatic carbocycles. The Balaban J connectivity index is 1.01. The van der Waals surface area contributed by atoms with Crippen LogP contribution < -0.4 is 31.6 Å². The summed E-state index contributed by atoms with van der Waals surface area (Å²) in [5.41, 5.74) is -2.10. The number of carbonyl (C=O) groups excluding carboxylic acids is 3. The Hall–Kier alpha value is -7.78. The molecule has 28 nitrogen and oxygen atoms in total. The number of anilines is 1. The van der Waals surface area contributed by atoms with Crippen molar-refractivity contribution in [2.75, 3.05) is 98.6 Å². The third kappa shape index (κ3) is 18.0. The maximum Gasteiger partial charge on any atom is 0.330 e. The zero-order valence-corrected chi connectivity index (χ0v) is 55.8. The van der Waals surface area contributed by atoms with Crippen molar-refractivity contribution in [1.29, 1.82) is 5.26 Å². The van der Waals surface area contributed by atoms with Crippen molar-refractivity contribution in [3.63, 3.8) is 0 Å². The predicted octanol–water partition coefficient (Wildman–Crippen LogP) is 6.27. The van der Waals surface area contributed by atoms with Gasteiger partial charge in [0.25, 0.3) is 19.6 Å². The highest BCUT2D eigenvalue weighted by Crippen LogP contribution is 2.49. The highest BCUT2D eigenvalue weighted by atomic mass is 31.2. The zero-order chi connectivity index (χ0) is 67.7. The summed E-state index contributed by atoms with van der Waals surface area (Å²) in [5, 5.41) is 12.2. The van der Waals surface area contributed by atoms with Crippen molar-refractivity contribution in [3.05, 3.63) is 145 Å². The molecule has 0 radical (unpaired) electrons. The van der Waals surface area contributed by atoms with E-state index in [1.165, 1.54) is 35.5 Å². The van der Waals surface area contributed by atoms with Crippen molar-refractivity contribution < 1.29 is 70.8 Å². The molecule has 3 aromatic heterocycles. The van der Waals surface area contributed by atoms with Crippen LogP contribution in [0, 0.1) is 24.2 Å². The van der Waals surface area contributed by atoms with Gasteiger partial charge in [-0.25, -0.2) is 14.4 Å². The van der Waals surface area contributed by atoms with Gasteiger partial charge >= 0.3 is 17.6 Å². The number of hydrogen-bond acceptors (Lipinski definition) is 23. The first kappa shape index (κ1) is 72.1. The van der Waals surface area contributed by atoms with Crippen molar-refractivity contribution in [2.45, 2.75) is 123 Å². The number of nitrogens with one attached hydrogen (secondary N) is 3. The van der Waals surface area contributed by atoms with E-state index in [4.69, 9.17) is 56.4 Å². The fourth-order valence-electron chi connectivity index (χ4n) is 11.2. The average molecular weight is 1330 g/mol. The number of hydrogen-bond donors (Lipinski definition) is 3. The molecule has 0 spiro atoms. The summed E-state index contributed by atoms with van der Waals surface area (Å²) < 4.78 is 80.3. The third-order valence-electron chi connectivity index (χ3n) is 15.5. The van der Waals surface area contributed by atoms with Gasteiger partial charge in [0.1, 0.15) is 28.8 Å². The van der Waals surface area contributed by atoms with E-state index in [9.17, 15) is 34.0 Å². The van der Waals surface area contributed by atoms with Crippen molar-refractivity contribution in [2.24, 2.45) is 5.92 Å². The minimum atomic E-state index is -1.84. The van der Waals surface area contributed by atoms with E-state index in [-0.39, 0.29) is 114 Å². The van der Waals surface area contributed by atoms with Gasteiger partial charge in [-0.3, -0.25) is 53.3 Å². The molecule has 5 heterocycles. The number of nitriles is 1. The summed E-state index contributed by atoms with van der Waals surface area (Å²) in [6.07, 6.45) is -2.72. The van der Waals surface area contributed by atoms with Gasteiger partial charge in [0.15, 0.2) is 35.8 Å². The highest BCUT2D eigenvalue weighted by molar-refractivity contribution is 7.44. The number of amides is 1. The van der Waals surface area contributed by atoms with Crippen LogP contribution in [0.25, 0.3) is 11.2 Å². The monoisotopic (exact) mass is 1320 g/mol. The number of carbonyl (C=O) groups is 3. The lowest BCUT2D eigenvalue weighted by molar-refractivity contribution is -0.229. The highest BCUT2D eigenvalue weighted by Gasteiger charge is 2.52. The van der Waals surface area contributed by atoms with Crippen LogP contribution in [0.15, 0.2) is 106 Å². The smallest absolute Gasteiger partial charge is 0.330 e. The third-order valence-corrected chi connectivity index (χ3v) is 17.6. The number of aryl methyl sites for hydroxylation is 1. The van der Waals surface area contributed by atoms with Crippen LogP contribution in [0.4, 0.5) is 5.95 Å². The molecule has 7 atom stereocenters. The van der Waals surface area contributed by atoms with Gasteiger partial charge < -0.3 is 56.4 Å². The quantitative estimate of drug-likeness (QED) is 0.0173. The second kappa shape index (κ2) is 33.6. The predicted molar refractivity (Wildman–Crippen MR) is 344 cm³/mol. The maximum absolute atomic E-state index is 14.0. The lowest BCUT2D eigenvalue weighted by atomic mass is 9.79. The molecule has 94 heavy (non-hydrogen) atoms. The molecule has 2 aliphatic rings. The summed E-state index contributed by atoms with van der Waals surface area (Å²) >= 11 is 0. The first-order chi connectivity index (χ1) is 45.1. The Morgan fingerprint density at radius 3 is 1.98 bits per heavy atom. The van der Waals surface area contributed by atoms with E-state index in [0.29, 0.717) is 18.0 Å². The topological polar surface area (TPSA) is 323 Å². The molecule has 2 aliphatic heterocycles. The van der Waals surface area contributed by atoms with E-state index in [0.717, 1.165) is 16.7 Å². The Morgan fingerprint density at radius 1 is 0.777 bits per heavy atom. The Bertz CT molecular complexity index is 3640. The second-order valence-corrected chi connectivity index (χ2v) is 24.9. The van der Waals surface area contributed by atoms with Gasteiger partial charge in [-0.05, 0) is 75.6 Å². The second-order valence-electron chi connectivity index (χ2n) is 23.5. The molecule has 1 unspecified atom stereocenters. The van der Waals surface area contributed by atoms with Crippen LogP contribution in [0.3, 0.4) is 0 Å². The van der Waals surface area contributed by atoms with Crippen LogP contribution >= 0.6 is 8.53 Å². The van der Waals surface area contributed by atoms with Crippen molar-refractivity contribution in [3.8, 4) is 17.6 Å². The van der Waals surface area contributed by atoms with Crippen molar-refractivity contribution in [1.82, 2.24) is 38.6 Å². The SMILES string of the molecule is COc1ccc(C(OC[C@]2(COP(OCCC#N)N(C(C)C)C(C)C)CN(CCOCCOCCOC[C@H]3O[C@@H](n4cnc5c(=O)[nH]c(NC(=O)C(C)C)nc54)[C@H](OC(C)=O)[C@@H]3OC(C)=O)C[C@H](n3cc(C)c(=O)[nH]c3=O)O2)(c2ccccc2)c2ccc(OC)cc2)cc1. The lowest BCUT2D eigenvalue weighted by Gasteiger charge is -2.48. The Morgan fingerprint density at radius 2 is 1.38 bits per heavy atom. The van der Waals surface area contributed by atoms with Crippen molar-refractivity contribution >= 4 is 43.5 Å². The van der Waals surface area contributed by atoms with E-state index < -0.39 is 91.1 Å². The number of esters is 2. The number of rotatable bonds is 34. The van der Waals surface area contributed by atoms with Crippen LogP contribution in [-0.2, 0) is 66.9 Å². The van der Waals surface area contributed by atoms with Gasteiger partial charge in [0.05, 0.1) is 92.5 Å². The summed E-state index contributed by atoms with van der Waals surface area (Å²) in [4.78, 5) is 93.1. The number of H-pyrrole nitrogens is 2. The number of morpholine rings is 1. The van der Waals surface area contributed by atoms with E-state index in [1.807, 2.05) is 107 Å². The maximum atomic E-state index is 14.0. The van der Waals surface area contributed by atoms with E-state index in [1.54, 1.807) is 35.0 Å². The first-order valence-corrected chi connectivity index (χ1v) is 32.2. The molecular formula is C65H85N10O18P. The Kier molecular flexibility index (Phi) is 25.7. The normalized spacial score (nSPS) is 19.6. The molecule has 2 saturated heterocycles. The van der Waals surface area contributed by atoms with Crippen LogP contribution in [-0.4, -0.2) is 186 Å². The summed E-state index contributed by atoms with van der Waals surface area (Å²) in [6, 6.07) is 27.2. The number of benzene rings is 3. The van der Waals surface area contributed by atoms with Crippen LogP contribution in [0.5, 0.6) is 11.5 Å². The molecule has 6 aromatic rings. The molecule has 29 heteroatoms. The number of methoxy groups -OCH3 is 2. The minimum absolute atomic E-state index is 0.000975. The standard InChI is InChI=1S/C65H85N10O18P/c1-41(2)58(78)69-62-68-57-54(60(80)70-62)67-40-74(57)61-56(91-46(9)77)55(90-45(8)76)52(92-61)36-86-33-32-85-31-30-84-29-27-72-35-53(73-34-44(7)59(79)71-63(73)81)93-64(37-72,39-89-94(88-28-15-26-66)75(42(3)4)43(5)6)38-87-65(47-16-13-12-14-17-47,48-18-22-50(82-10)23-19-48)49-20-24-51(83-11)25-21-49/h12-14,16-25,34,40-43,52-53,55-56,61H,15,27-33,35-39H2,1-11H3,(H,71,79,81)(H2,68,69,70,78,80)/t52-,53-,55-,56-,61-,64+,94?/m1/s1. The minimum Gasteiger partial charge on any atom is -0.497 e. The van der Waals surface area contributed by atoms with Gasteiger partial charge in [-0.1, -0.05) is 68.4 Å². The van der Waals surface area contributed by atoms with Gasteiger partial charge in [0, 0.05) is 63.2 Å². The number of aromatic nitrogens is 6. The molecule has 3 N–H and O–H groups in total. The molecular weight excluding hydrogens is 1240 g/mol. The number of ether oxygens (including phenoxy) is 10. The van der Waals surface area contributed by atoms with Gasteiger partial charge in [0.2, 0.25) is 11.9 Å². The average Bonchev–Trinajstić information content (AvgIpc) is 1.02. The van der Waals surface area contributed by atoms with Crippen LogP contribution in [0.1, 0.15) is 96.5 Å². The molecule has 0 saturated carbocycles. The molecule has 2 fully saturated rings. The van der Waals surface area contributed by atoms with Gasteiger partial charge in [-0.15, -0.1) is 0 Å². The Labute approximate surface area is 545 Å².